The third-order valence-corrected chi connectivity index (χ3v) is 2.57. The third kappa shape index (κ3) is 3.10. The van der Waals surface area contributed by atoms with E-state index < -0.39 is 9.85 Å². The van der Waals surface area contributed by atoms with Crippen LogP contribution < -0.4 is 4.74 Å². The van der Waals surface area contributed by atoms with Gasteiger partial charge in [-0.05, 0) is 18.2 Å². The molecule has 0 aromatic heterocycles. The highest BCUT2D eigenvalue weighted by Crippen LogP contribution is 2.29. The molecule has 0 aliphatic heterocycles. The number of nitriles is 1. The zero-order chi connectivity index (χ0) is 15.4. The molecule has 8 nitrogen and oxygen atoms in total. The number of non-ortho nitro benzene ring substituents is 2. The standard InChI is InChI=1S/C13H7N3O5/c14-8-9-7-11(16(19)20)3-6-13(9)21-12-4-1-10(2-5-12)15(17)18/h1-7H. The first-order chi connectivity index (χ1) is 10.0. The van der Waals surface area contributed by atoms with Crippen molar-refractivity contribution in [3.8, 4) is 17.6 Å². The van der Waals surface area contributed by atoms with E-state index in [0.717, 1.165) is 6.07 Å². The molecule has 0 radical (unpaired) electrons. The van der Waals surface area contributed by atoms with Gasteiger partial charge in [0.15, 0.2) is 0 Å². The minimum absolute atomic E-state index is 0.00236. The summed E-state index contributed by atoms with van der Waals surface area (Å²) in [6, 6.07) is 10.7. The van der Waals surface area contributed by atoms with E-state index in [-0.39, 0.29) is 28.4 Å². The molecule has 0 saturated carbocycles. The second-order valence-corrected chi connectivity index (χ2v) is 3.90. The van der Waals surface area contributed by atoms with Gasteiger partial charge in [0, 0.05) is 24.3 Å². The number of hydrogen-bond donors (Lipinski definition) is 0. The van der Waals surface area contributed by atoms with Gasteiger partial charge in [0.1, 0.15) is 23.1 Å². The Morgan fingerprint density at radius 3 is 2.05 bits per heavy atom. The maximum absolute atomic E-state index is 10.6. The molecule has 2 rings (SSSR count). The fourth-order valence-electron chi connectivity index (χ4n) is 1.57. The lowest BCUT2D eigenvalue weighted by molar-refractivity contribution is -0.385. The van der Waals surface area contributed by atoms with Crippen molar-refractivity contribution in [3.63, 3.8) is 0 Å². The highest BCUT2D eigenvalue weighted by Gasteiger charge is 2.13. The summed E-state index contributed by atoms with van der Waals surface area (Å²) in [4.78, 5) is 20.0. The van der Waals surface area contributed by atoms with Crippen LogP contribution in [-0.4, -0.2) is 9.85 Å². The Bertz CT molecular complexity index is 749. The van der Waals surface area contributed by atoms with Crippen LogP contribution in [0.5, 0.6) is 11.5 Å². The van der Waals surface area contributed by atoms with Crippen LogP contribution in [0.2, 0.25) is 0 Å². The van der Waals surface area contributed by atoms with E-state index >= 15 is 0 Å². The number of nitro benzene ring substituents is 2. The molecule has 0 N–H and O–H groups in total. The molecule has 8 heteroatoms. The molecule has 2 aromatic carbocycles. The van der Waals surface area contributed by atoms with Crippen LogP contribution in [0, 0.1) is 31.6 Å². The average molecular weight is 285 g/mol. The van der Waals surface area contributed by atoms with Gasteiger partial charge in [0.2, 0.25) is 0 Å². The zero-order valence-corrected chi connectivity index (χ0v) is 10.4. The first kappa shape index (κ1) is 14.0. The molecule has 21 heavy (non-hydrogen) atoms. The van der Waals surface area contributed by atoms with Crippen molar-refractivity contribution in [2.45, 2.75) is 0 Å². The van der Waals surface area contributed by atoms with E-state index in [4.69, 9.17) is 10.00 Å². The molecule has 0 spiro atoms. The summed E-state index contributed by atoms with van der Waals surface area (Å²) in [7, 11) is 0. The Balaban J connectivity index is 2.29. The van der Waals surface area contributed by atoms with Gasteiger partial charge in [-0.3, -0.25) is 20.2 Å². The molecule has 0 amide bonds. The summed E-state index contributed by atoms with van der Waals surface area (Å²) >= 11 is 0. The van der Waals surface area contributed by atoms with Crippen molar-refractivity contribution < 1.29 is 14.6 Å². The quantitative estimate of drug-likeness (QED) is 0.628. The molecular weight excluding hydrogens is 278 g/mol. The SMILES string of the molecule is N#Cc1cc([N+](=O)[O-])ccc1Oc1ccc([N+](=O)[O-])cc1. The molecule has 0 atom stereocenters. The van der Waals surface area contributed by atoms with Gasteiger partial charge >= 0.3 is 0 Å². The number of hydrogen-bond acceptors (Lipinski definition) is 6. The summed E-state index contributed by atoms with van der Waals surface area (Å²) in [5.74, 6) is 0.419. The van der Waals surface area contributed by atoms with Crippen molar-refractivity contribution in [1.29, 1.82) is 5.26 Å². The first-order valence-corrected chi connectivity index (χ1v) is 5.62. The van der Waals surface area contributed by atoms with Crippen molar-refractivity contribution in [3.05, 3.63) is 68.3 Å². The summed E-state index contributed by atoms with van der Waals surface area (Å²) in [5.41, 5.74) is -0.309. The van der Waals surface area contributed by atoms with Gasteiger partial charge in [0.05, 0.1) is 9.85 Å². The Hall–Kier alpha value is -3.47. The fourth-order valence-corrected chi connectivity index (χ4v) is 1.57. The van der Waals surface area contributed by atoms with Crippen LogP contribution in [0.25, 0.3) is 0 Å². The van der Waals surface area contributed by atoms with Gasteiger partial charge in [-0.15, -0.1) is 0 Å². The van der Waals surface area contributed by atoms with Crippen LogP contribution in [0.1, 0.15) is 5.56 Å². The van der Waals surface area contributed by atoms with Crippen LogP contribution in [0.4, 0.5) is 11.4 Å². The molecule has 0 fully saturated rings. The lowest BCUT2D eigenvalue weighted by Gasteiger charge is -2.06. The van der Waals surface area contributed by atoms with Crippen LogP contribution in [0.3, 0.4) is 0 Å². The smallest absolute Gasteiger partial charge is 0.271 e. The summed E-state index contributed by atoms with van der Waals surface area (Å²) in [6.07, 6.45) is 0. The largest absolute Gasteiger partial charge is 0.456 e. The van der Waals surface area contributed by atoms with Gasteiger partial charge in [-0.2, -0.15) is 5.26 Å². The molecule has 0 heterocycles. The lowest BCUT2D eigenvalue weighted by Crippen LogP contribution is -1.93. The van der Waals surface area contributed by atoms with Crippen molar-refractivity contribution in [2.24, 2.45) is 0 Å². The number of ether oxygens (including phenoxy) is 1. The minimum Gasteiger partial charge on any atom is -0.456 e. The highest BCUT2D eigenvalue weighted by atomic mass is 16.6. The topological polar surface area (TPSA) is 119 Å². The molecule has 0 aliphatic carbocycles. The summed E-state index contributed by atoms with van der Waals surface area (Å²) in [6.45, 7) is 0. The predicted octanol–water partition coefficient (Wildman–Crippen LogP) is 3.17. The van der Waals surface area contributed by atoms with Gasteiger partial charge in [0.25, 0.3) is 11.4 Å². The summed E-state index contributed by atoms with van der Waals surface area (Å²) in [5, 5.41) is 30.1. The monoisotopic (exact) mass is 285 g/mol. The molecule has 0 unspecified atom stereocenters. The number of benzene rings is 2. The molecular formula is C13H7N3O5. The Morgan fingerprint density at radius 1 is 0.952 bits per heavy atom. The molecule has 0 aliphatic rings. The van der Waals surface area contributed by atoms with Gasteiger partial charge < -0.3 is 4.74 Å². The van der Waals surface area contributed by atoms with E-state index in [1.165, 1.54) is 36.4 Å². The van der Waals surface area contributed by atoms with Crippen LogP contribution >= 0.6 is 0 Å². The normalized spacial score (nSPS) is 9.67. The molecule has 2 aromatic rings. The second kappa shape index (κ2) is 5.66. The number of rotatable bonds is 4. The van der Waals surface area contributed by atoms with Crippen molar-refractivity contribution in [2.75, 3.05) is 0 Å². The predicted molar refractivity (Wildman–Crippen MR) is 71.0 cm³/mol. The van der Waals surface area contributed by atoms with E-state index in [0.29, 0.717) is 0 Å². The van der Waals surface area contributed by atoms with Crippen molar-refractivity contribution in [1.82, 2.24) is 0 Å². The van der Waals surface area contributed by atoms with E-state index in [9.17, 15) is 20.2 Å². The van der Waals surface area contributed by atoms with E-state index in [2.05, 4.69) is 0 Å². The molecule has 104 valence electrons. The van der Waals surface area contributed by atoms with E-state index in [1.54, 1.807) is 6.07 Å². The molecule has 0 bridgehead atoms. The Morgan fingerprint density at radius 2 is 1.52 bits per heavy atom. The maximum Gasteiger partial charge on any atom is 0.271 e. The Kier molecular flexibility index (Phi) is 3.76. The summed E-state index contributed by atoms with van der Waals surface area (Å²) < 4.78 is 5.40. The fraction of sp³-hybridized carbons (Fsp3) is 0. The highest BCUT2D eigenvalue weighted by molar-refractivity contribution is 5.51. The number of nitro groups is 2. The lowest BCUT2D eigenvalue weighted by atomic mass is 10.2. The van der Waals surface area contributed by atoms with E-state index in [1.807, 2.05) is 0 Å². The van der Waals surface area contributed by atoms with Crippen LogP contribution in [0.15, 0.2) is 42.5 Å². The average Bonchev–Trinajstić information content (AvgIpc) is 2.48. The second-order valence-electron chi connectivity index (χ2n) is 3.90. The zero-order valence-electron chi connectivity index (χ0n) is 10.4. The minimum atomic E-state index is -0.615. The van der Waals surface area contributed by atoms with Gasteiger partial charge in [-0.25, -0.2) is 0 Å². The Labute approximate surface area is 118 Å². The van der Waals surface area contributed by atoms with Gasteiger partial charge in [-0.1, -0.05) is 0 Å². The molecule has 0 saturated heterocycles. The maximum atomic E-state index is 10.6. The third-order valence-electron chi connectivity index (χ3n) is 2.57. The first-order valence-electron chi connectivity index (χ1n) is 5.62. The number of nitrogens with zero attached hydrogens (tertiary/aromatic N) is 3. The van der Waals surface area contributed by atoms with Crippen molar-refractivity contribution >= 4 is 11.4 Å². The van der Waals surface area contributed by atoms with Crippen LogP contribution in [-0.2, 0) is 0 Å².